The molecule has 2 heterocycles. The Bertz CT molecular complexity index is 628. The second-order valence-electron chi connectivity index (χ2n) is 3.88. The minimum atomic E-state index is -3.50. The predicted molar refractivity (Wildman–Crippen MR) is 74.0 cm³/mol. The summed E-state index contributed by atoms with van der Waals surface area (Å²) in [7, 11) is -3.50. The number of halogens is 1. The highest BCUT2D eigenvalue weighted by Crippen LogP contribution is 2.13. The second-order valence-corrected chi connectivity index (χ2v) is 6.56. The third-order valence-corrected chi connectivity index (χ3v) is 4.29. The van der Waals surface area contributed by atoms with Gasteiger partial charge in [-0.25, -0.2) is 18.1 Å². The lowest BCUT2D eigenvalue weighted by molar-refractivity contribution is 0.578. The van der Waals surface area contributed by atoms with Gasteiger partial charge in [0.25, 0.3) is 0 Å². The SMILES string of the molecule is O=S(=O)(NCCCc1ncc[nH]1)c1cncc(Br)c1. The molecular formula is C11H13BrN4O2S. The van der Waals surface area contributed by atoms with Crippen molar-refractivity contribution in [1.82, 2.24) is 19.7 Å². The molecule has 0 spiro atoms. The minimum absolute atomic E-state index is 0.153. The molecule has 0 atom stereocenters. The van der Waals surface area contributed by atoms with Gasteiger partial charge in [0, 0.05) is 42.2 Å². The molecule has 2 aromatic heterocycles. The van der Waals surface area contributed by atoms with Gasteiger partial charge in [0.2, 0.25) is 10.0 Å². The van der Waals surface area contributed by atoms with E-state index in [2.05, 4.69) is 35.6 Å². The van der Waals surface area contributed by atoms with Crippen LogP contribution in [0.4, 0.5) is 0 Å². The maximum Gasteiger partial charge on any atom is 0.242 e. The molecule has 0 saturated heterocycles. The molecule has 2 rings (SSSR count). The average molecular weight is 345 g/mol. The average Bonchev–Trinajstić information content (AvgIpc) is 2.88. The summed E-state index contributed by atoms with van der Waals surface area (Å²) >= 11 is 3.20. The van der Waals surface area contributed by atoms with Crippen LogP contribution in [0.15, 0.2) is 40.2 Å². The van der Waals surface area contributed by atoms with Gasteiger partial charge in [-0.2, -0.15) is 0 Å². The third kappa shape index (κ3) is 4.12. The van der Waals surface area contributed by atoms with Crippen molar-refractivity contribution in [3.8, 4) is 0 Å². The molecule has 8 heteroatoms. The summed E-state index contributed by atoms with van der Waals surface area (Å²) in [4.78, 5) is 11.0. The number of rotatable bonds is 6. The normalized spacial score (nSPS) is 11.6. The Labute approximate surface area is 119 Å². The molecule has 19 heavy (non-hydrogen) atoms. The highest BCUT2D eigenvalue weighted by molar-refractivity contribution is 9.10. The van der Waals surface area contributed by atoms with Crippen LogP contribution in [-0.2, 0) is 16.4 Å². The summed E-state index contributed by atoms with van der Waals surface area (Å²) in [6.45, 7) is 0.357. The Kier molecular flexibility index (Phi) is 4.67. The first kappa shape index (κ1) is 14.2. The van der Waals surface area contributed by atoms with Crippen molar-refractivity contribution in [2.45, 2.75) is 17.7 Å². The Hall–Kier alpha value is -1.25. The van der Waals surface area contributed by atoms with Crippen molar-refractivity contribution >= 4 is 26.0 Å². The molecule has 2 aromatic rings. The number of nitrogens with one attached hydrogen (secondary N) is 2. The maximum absolute atomic E-state index is 12.0. The Morgan fingerprint density at radius 3 is 2.89 bits per heavy atom. The van der Waals surface area contributed by atoms with Crippen LogP contribution >= 0.6 is 15.9 Å². The molecule has 0 fully saturated rings. The first-order chi connectivity index (χ1) is 9.08. The molecule has 0 amide bonds. The van der Waals surface area contributed by atoms with E-state index in [4.69, 9.17) is 0 Å². The minimum Gasteiger partial charge on any atom is -0.349 e. The van der Waals surface area contributed by atoms with Gasteiger partial charge in [-0.1, -0.05) is 0 Å². The van der Waals surface area contributed by atoms with Crippen molar-refractivity contribution in [1.29, 1.82) is 0 Å². The quantitative estimate of drug-likeness (QED) is 0.777. The Balaban J connectivity index is 1.88. The number of sulfonamides is 1. The first-order valence-corrected chi connectivity index (χ1v) is 7.94. The van der Waals surface area contributed by atoms with Crippen LogP contribution in [0.2, 0.25) is 0 Å². The zero-order valence-electron chi connectivity index (χ0n) is 10.0. The molecule has 0 radical (unpaired) electrons. The lowest BCUT2D eigenvalue weighted by Gasteiger charge is -2.06. The lowest BCUT2D eigenvalue weighted by Crippen LogP contribution is -2.25. The summed E-state index contributed by atoms with van der Waals surface area (Å²) in [5, 5.41) is 0. The van der Waals surface area contributed by atoms with E-state index >= 15 is 0 Å². The number of pyridine rings is 1. The molecule has 0 unspecified atom stereocenters. The third-order valence-electron chi connectivity index (χ3n) is 2.43. The zero-order chi connectivity index (χ0) is 13.7. The van der Waals surface area contributed by atoms with Gasteiger partial charge in [0.1, 0.15) is 10.7 Å². The van der Waals surface area contributed by atoms with Crippen LogP contribution in [-0.4, -0.2) is 29.9 Å². The van der Waals surface area contributed by atoms with E-state index in [-0.39, 0.29) is 4.90 Å². The van der Waals surface area contributed by atoms with E-state index in [1.165, 1.54) is 18.5 Å². The number of aryl methyl sites for hydroxylation is 1. The number of aromatic amines is 1. The van der Waals surface area contributed by atoms with Crippen molar-refractivity contribution in [2.75, 3.05) is 6.54 Å². The molecule has 0 bridgehead atoms. The van der Waals surface area contributed by atoms with E-state index in [0.717, 1.165) is 5.82 Å². The molecule has 0 aromatic carbocycles. The largest absolute Gasteiger partial charge is 0.349 e. The molecule has 0 aliphatic heterocycles. The van der Waals surface area contributed by atoms with Crippen molar-refractivity contribution in [2.24, 2.45) is 0 Å². The Morgan fingerprint density at radius 1 is 1.37 bits per heavy atom. The number of hydrogen-bond donors (Lipinski definition) is 2. The van der Waals surface area contributed by atoms with Crippen LogP contribution in [0.1, 0.15) is 12.2 Å². The number of aromatic nitrogens is 3. The van der Waals surface area contributed by atoms with Crippen LogP contribution in [0.25, 0.3) is 0 Å². The predicted octanol–water partition coefficient (Wildman–Crippen LogP) is 1.48. The number of imidazole rings is 1. The van der Waals surface area contributed by atoms with Crippen molar-refractivity contribution in [3.63, 3.8) is 0 Å². The van der Waals surface area contributed by atoms with Crippen LogP contribution < -0.4 is 4.72 Å². The molecule has 0 aliphatic carbocycles. The Morgan fingerprint density at radius 2 is 2.21 bits per heavy atom. The number of nitrogens with zero attached hydrogens (tertiary/aromatic N) is 2. The topological polar surface area (TPSA) is 87.7 Å². The van der Waals surface area contributed by atoms with Crippen LogP contribution in [0.3, 0.4) is 0 Å². The monoisotopic (exact) mass is 344 g/mol. The van der Waals surface area contributed by atoms with Gasteiger partial charge < -0.3 is 4.98 Å². The highest BCUT2D eigenvalue weighted by Gasteiger charge is 2.13. The van der Waals surface area contributed by atoms with E-state index in [0.29, 0.717) is 23.9 Å². The fraction of sp³-hybridized carbons (Fsp3) is 0.273. The number of hydrogen-bond acceptors (Lipinski definition) is 4. The molecule has 102 valence electrons. The standard InChI is InChI=1S/C11H13BrN4O2S/c12-9-6-10(8-13-7-9)19(17,18)16-3-1-2-11-14-4-5-15-11/h4-8,16H,1-3H2,(H,14,15). The first-order valence-electron chi connectivity index (χ1n) is 5.66. The van der Waals surface area contributed by atoms with Gasteiger partial charge in [-0.15, -0.1) is 0 Å². The van der Waals surface area contributed by atoms with Crippen molar-refractivity contribution in [3.05, 3.63) is 41.2 Å². The maximum atomic E-state index is 12.0. The summed E-state index contributed by atoms with van der Waals surface area (Å²) in [6.07, 6.45) is 7.65. The van der Waals surface area contributed by atoms with E-state index < -0.39 is 10.0 Å². The van der Waals surface area contributed by atoms with Gasteiger partial charge in [0.05, 0.1) is 0 Å². The highest BCUT2D eigenvalue weighted by atomic mass is 79.9. The molecular weight excluding hydrogens is 332 g/mol. The second kappa shape index (κ2) is 6.27. The molecule has 2 N–H and O–H groups in total. The molecule has 0 saturated carbocycles. The van der Waals surface area contributed by atoms with E-state index in [1.807, 2.05) is 0 Å². The summed E-state index contributed by atoms with van der Waals surface area (Å²) in [5.41, 5.74) is 0. The summed E-state index contributed by atoms with van der Waals surface area (Å²) in [6, 6.07) is 1.52. The smallest absolute Gasteiger partial charge is 0.242 e. The fourth-order valence-corrected chi connectivity index (χ4v) is 3.10. The van der Waals surface area contributed by atoms with Crippen molar-refractivity contribution < 1.29 is 8.42 Å². The zero-order valence-corrected chi connectivity index (χ0v) is 12.4. The van der Waals surface area contributed by atoms with E-state index in [9.17, 15) is 8.42 Å². The van der Waals surface area contributed by atoms with Gasteiger partial charge >= 0.3 is 0 Å². The van der Waals surface area contributed by atoms with Crippen LogP contribution in [0.5, 0.6) is 0 Å². The summed E-state index contributed by atoms with van der Waals surface area (Å²) in [5.74, 6) is 0.850. The van der Waals surface area contributed by atoms with E-state index in [1.54, 1.807) is 12.4 Å². The van der Waals surface area contributed by atoms with Gasteiger partial charge in [-0.05, 0) is 28.4 Å². The van der Waals surface area contributed by atoms with Gasteiger partial charge in [-0.3, -0.25) is 4.98 Å². The summed E-state index contributed by atoms with van der Waals surface area (Å²) < 4.78 is 27.1. The van der Waals surface area contributed by atoms with Crippen LogP contribution in [0, 0.1) is 0 Å². The molecule has 6 nitrogen and oxygen atoms in total. The molecule has 0 aliphatic rings. The van der Waals surface area contributed by atoms with Gasteiger partial charge in [0.15, 0.2) is 0 Å². The lowest BCUT2D eigenvalue weighted by atomic mass is 10.3. The fourth-order valence-electron chi connectivity index (χ4n) is 1.52. The number of H-pyrrole nitrogens is 1.